The number of aromatic nitrogens is 2. The van der Waals surface area contributed by atoms with E-state index in [1.54, 1.807) is 12.1 Å². The Labute approximate surface area is 148 Å². The van der Waals surface area contributed by atoms with Crippen LogP contribution in [0.2, 0.25) is 15.3 Å². The molecule has 1 aromatic heterocycles. The second kappa shape index (κ2) is 6.72. The van der Waals surface area contributed by atoms with E-state index in [1.807, 2.05) is 0 Å². The van der Waals surface area contributed by atoms with E-state index in [2.05, 4.69) is 4.98 Å². The van der Waals surface area contributed by atoms with Crippen molar-refractivity contribution in [2.75, 3.05) is 13.2 Å². The fourth-order valence-electron chi connectivity index (χ4n) is 2.58. The summed E-state index contributed by atoms with van der Waals surface area (Å²) in [6, 6.07) is 3.14. The summed E-state index contributed by atoms with van der Waals surface area (Å²) >= 11 is 18.2. The van der Waals surface area contributed by atoms with Crippen molar-refractivity contribution in [3.63, 3.8) is 0 Å². The number of hydrogen-bond acceptors (Lipinski definition) is 5. The molecule has 23 heavy (non-hydrogen) atoms. The smallest absolute Gasteiger partial charge is 0.206 e. The first-order valence-corrected chi connectivity index (χ1v) is 7.98. The molecule has 126 valence electrons. The molecule has 1 aliphatic rings. The highest BCUT2D eigenvalue weighted by atomic mass is 35.5. The number of halogens is 3. The molecule has 0 spiro atoms. The van der Waals surface area contributed by atoms with Crippen LogP contribution in [0.25, 0.3) is 11.0 Å². The van der Waals surface area contributed by atoms with Crippen molar-refractivity contribution in [3.8, 4) is 0 Å². The average molecular weight is 383 g/mol. The van der Waals surface area contributed by atoms with Crippen LogP contribution in [-0.4, -0.2) is 51.3 Å². The van der Waals surface area contributed by atoms with Gasteiger partial charge in [-0.15, -0.1) is 0 Å². The summed E-state index contributed by atoms with van der Waals surface area (Å²) in [4.78, 5) is 4.18. The van der Waals surface area contributed by atoms with E-state index >= 15 is 0 Å². The highest BCUT2D eigenvalue weighted by Gasteiger charge is 2.44. The number of benzene rings is 1. The van der Waals surface area contributed by atoms with Crippen LogP contribution in [0.15, 0.2) is 12.1 Å². The molecule has 6 nitrogen and oxygen atoms in total. The Balaban J connectivity index is 1.92. The van der Waals surface area contributed by atoms with E-state index in [1.165, 1.54) is 4.57 Å². The van der Waals surface area contributed by atoms with Gasteiger partial charge in [-0.3, -0.25) is 4.57 Å². The lowest BCUT2D eigenvalue weighted by atomic mass is 10.1. The largest absolute Gasteiger partial charge is 0.387 e. The van der Waals surface area contributed by atoms with Crippen molar-refractivity contribution in [1.82, 2.24) is 9.55 Å². The Morgan fingerprint density at radius 2 is 2.04 bits per heavy atom. The van der Waals surface area contributed by atoms with Gasteiger partial charge >= 0.3 is 0 Å². The van der Waals surface area contributed by atoms with Crippen molar-refractivity contribution >= 4 is 45.8 Å². The molecule has 0 saturated carbocycles. The molecule has 2 aromatic rings. The molecule has 0 amide bonds. The quantitative estimate of drug-likeness (QED) is 0.795. The lowest BCUT2D eigenvalue weighted by Gasteiger charge is -2.18. The van der Waals surface area contributed by atoms with Gasteiger partial charge in [0.2, 0.25) is 5.28 Å². The summed E-state index contributed by atoms with van der Waals surface area (Å²) in [6.45, 7) is 0.382. The first-order chi connectivity index (χ1) is 11.4. The number of aliphatic hydroxyl groups excluding tert-OH is 2. The van der Waals surface area contributed by atoms with Gasteiger partial charge in [0.05, 0.1) is 27.7 Å². The number of hydrogen-bond donors (Lipinski definition) is 2. The maximum absolute atomic E-state index is 10.3. The number of aliphatic hydroxyl groups is 2. The summed E-state index contributed by atoms with van der Waals surface area (Å²) in [5.41, 5.74) is 1.02. The SMILES string of the molecule is [2H]CCOC[C@H]1OC(n2c(Cl)nc3cc(Cl)c(Cl)cc32)[C@H](O)[C@@H]1O. The molecule has 1 fully saturated rings. The molecule has 1 aromatic carbocycles. The molecule has 1 aliphatic heterocycles. The predicted molar refractivity (Wildman–Crippen MR) is 87.2 cm³/mol. The zero-order valence-electron chi connectivity index (χ0n) is 12.8. The van der Waals surface area contributed by atoms with Crippen molar-refractivity contribution in [2.45, 2.75) is 31.4 Å². The summed E-state index contributed by atoms with van der Waals surface area (Å²) in [6.07, 6.45) is -4.07. The number of fused-ring (bicyclic) bond motifs is 1. The highest BCUT2D eigenvalue weighted by molar-refractivity contribution is 6.42. The zero-order chi connectivity index (χ0) is 17.4. The van der Waals surface area contributed by atoms with Crippen molar-refractivity contribution < 1.29 is 21.1 Å². The van der Waals surface area contributed by atoms with Gasteiger partial charge in [-0.05, 0) is 30.6 Å². The van der Waals surface area contributed by atoms with Gasteiger partial charge in [0.15, 0.2) is 6.23 Å². The lowest BCUT2D eigenvalue weighted by Crippen LogP contribution is -2.33. The molecule has 0 aliphatic carbocycles. The van der Waals surface area contributed by atoms with Gasteiger partial charge in [0.1, 0.15) is 18.3 Å². The predicted octanol–water partition coefficient (Wildman–Crippen LogP) is 2.65. The second-order valence-corrected chi connectivity index (χ2v) is 6.28. The van der Waals surface area contributed by atoms with Crippen LogP contribution < -0.4 is 0 Å². The molecule has 9 heteroatoms. The maximum atomic E-state index is 10.3. The van der Waals surface area contributed by atoms with Gasteiger partial charge < -0.3 is 19.7 Å². The minimum absolute atomic E-state index is 0.0600. The van der Waals surface area contributed by atoms with Crippen LogP contribution in [-0.2, 0) is 9.47 Å². The molecule has 1 saturated heterocycles. The van der Waals surface area contributed by atoms with E-state index in [-0.39, 0.29) is 25.4 Å². The summed E-state index contributed by atoms with van der Waals surface area (Å²) in [5.74, 6) is 0. The molecule has 4 atom stereocenters. The Morgan fingerprint density at radius 3 is 2.78 bits per heavy atom. The first-order valence-electron chi connectivity index (χ1n) is 7.55. The minimum atomic E-state index is -1.22. The molecule has 1 unspecified atom stereocenters. The number of nitrogens with zero attached hydrogens (tertiary/aromatic N) is 2. The topological polar surface area (TPSA) is 76.7 Å². The third kappa shape index (κ3) is 3.05. The van der Waals surface area contributed by atoms with Gasteiger partial charge in [0.25, 0.3) is 0 Å². The van der Waals surface area contributed by atoms with Crippen LogP contribution in [0.1, 0.15) is 14.5 Å². The molecular weight excluding hydrogens is 367 g/mol. The van der Waals surface area contributed by atoms with Gasteiger partial charge in [-0.25, -0.2) is 4.98 Å². The minimum Gasteiger partial charge on any atom is -0.387 e. The second-order valence-electron chi connectivity index (χ2n) is 5.13. The van der Waals surface area contributed by atoms with Crippen molar-refractivity contribution in [2.24, 2.45) is 0 Å². The Bertz CT molecular complexity index is 744. The summed E-state index contributed by atoms with van der Waals surface area (Å²) < 4.78 is 19.4. The first kappa shape index (κ1) is 15.9. The average Bonchev–Trinajstić information content (AvgIpc) is 2.98. The molecule has 2 heterocycles. The Morgan fingerprint density at radius 1 is 1.30 bits per heavy atom. The van der Waals surface area contributed by atoms with E-state index in [0.717, 1.165) is 0 Å². The fourth-order valence-corrected chi connectivity index (χ4v) is 3.18. The monoisotopic (exact) mass is 381 g/mol. The van der Waals surface area contributed by atoms with Crippen LogP contribution in [0.4, 0.5) is 0 Å². The van der Waals surface area contributed by atoms with E-state index in [0.29, 0.717) is 21.1 Å². The lowest BCUT2D eigenvalue weighted by molar-refractivity contribution is -0.0635. The Hall–Kier alpha value is -0.600. The molecule has 0 radical (unpaired) electrons. The Kier molecular flexibility index (Phi) is 4.65. The molecule has 3 rings (SSSR count). The van der Waals surface area contributed by atoms with Crippen molar-refractivity contribution in [3.05, 3.63) is 27.5 Å². The summed E-state index contributed by atoms with van der Waals surface area (Å²) in [5, 5.41) is 21.2. The highest BCUT2D eigenvalue weighted by Crippen LogP contribution is 2.37. The number of rotatable bonds is 4. The maximum Gasteiger partial charge on any atom is 0.206 e. The zero-order valence-corrected chi connectivity index (χ0v) is 14.1. The number of imidazole rings is 1. The normalized spacial score (nSPS) is 28.5. The van der Waals surface area contributed by atoms with Crippen LogP contribution in [0.3, 0.4) is 0 Å². The van der Waals surface area contributed by atoms with Crippen molar-refractivity contribution in [1.29, 1.82) is 0 Å². The van der Waals surface area contributed by atoms with Gasteiger partial charge in [-0.2, -0.15) is 0 Å². The third-order valence-electron chi connectivity index (χ3n) is 3.71. The van der Waals surface area contributed by atoms with Crippen LogP contribution >= 0.6 is 34.8 Å². The van der Waals surface area contributed by atoms with Crippen LogP contribution in [0.5, 0.6) is 0 Å². The van der Waals surface area contributed by atoms with Crippen LogP contribution in [0, 0.1) is 0 Å². The van der Waals surface area contributed by atoms with Gasteiger partial charge in [-0.1, -0.05) is 23.2 Å². The molecular formula is C14H15Cl3N2O4. The molecule has 0 bridgehead atoms. The number of ether oxygens (including phenoxy) is 2. The van der Waals surface area contributed by atoms with E-state index in [9.17, 15) is 10.2 Å². The molecule has 2 N–H and O–H groups in total. The fraction of sp³-hybridized carbons (Fsp3) is 0.500. The van der Waals surface area contributed by atoms with E-state index < -0.39 is 24.5 Å². The van der Waals surface area contributed by atoms with Gasteiger partial charge in [0, 0.05) is 7.98 Å². The van der Waals surface area contributed by atoms with E-state index in [4.69, 9.17) is 45.6 Å². The third-order valence-corrected chi connectivity index (χ3v) is 4.70. The standard InChI is InChI=1S/C14H15Cl3N2O4/c1-2-22-5-10-11(20)12(21)13(23-10)19-9-4-7(16)6(15)3-8(9)18-14(19)17/h3-4,10-13,20-21H,2,5H2,1H3/t10-,11-,12-,13?/m1/s1/i1D. The summed E-state index contributed by atoms with van der Waals surface area (Å²) in [7, 11) is 0.